The van der Waals surface area contributed by atoms with Crippen molar-refractivity contribution in [2.75, 3.05) is 13.2 Å². The second-order valence-corrected chi connectivity index (χ2v) is 18.0. The van der Waals surface area contributed by atoms with E-state index in [1.54, 1.807) is 17.0 Å². The van der Waals surface area contributed by atoms with E-state index in [0.29, 0.717) is 37.3 Å². The lowest BCUT2D eigenvalue weighted by atomic mass is 10.0. The number of piperidine rings is 1. The Hall–Kier alpha value is -3.68. The highest BCUT2D eigenvalue weighted by Gasteiger charge is 2.50. The number of carbonyl (C=O) groups excluding carboxylic acids is 2. The van der Waals surface area contributed by atoms with Gasteiger partial charge in [-0.05, 0) is 80.1 Å². The number of nitrogens with zero attached hydrogens (tertiary/aromatic N) is 1. The lowest BCUT2D eigenvalue weighted by Crippen LogP contribution is -2.66. The number of hydrogen-bond donors (Lipinski definition) is 0. The van der Waals surface area contributed by atoms with Crippen molar-refractivity contribution in [2.45, 2.75) is 90.3 Å². The molecule has 1 aliphatic rings. The van der Waals surface area contributed by atoms with E-state index in [-0.39, 0.29) is 17.2 Å². The van der Waals surface area contributed by atoms with Gasteiger partial charge < -0.3 is 18.8 Å². The molecule has 1 aliphatic heterocycles. The van der Waals surface area contributed by atoms with E-state index in [4.69, 9.17) is 13.9 Å². The van der Waals surface area contributed by atoms with Crippen molar-refractivity contribution in [2.24, 2.45) is 0 Å². The maximum Gasteiger partial charge on any atom is 0.410 e. The third kappa shape index (κ3) is 8.95. The van der Waals surface area contributed by atoms with Crippen LogP contribution in [0.4, 0.5) is 4.79 Å². The monoisotopic (exact) mass is 627 g/mol. The fourth-order valence-corrected chi connectivity index (χ4v) is 10.7. The molecule has 3 aromatic carbocycles. The number of esters is 1. The van der Waals surface area contributed by atoms with Crippen LogP contribution >= 0.6 is 0 Å². The molecule has 1 saturated heterocycles. The molecule has 1 atom stereocenters. The Morgan fingerprint density at radius 1 is 0.822 bits per heavy atom. The van der Waals surface area contributed by atoms with E-state index in [0.717, 1.165) is 19.3 Å². The first-order valence-electron chi connectivity index (χ1n) is 16.1. The van der Waals surface area contributed by atoms with Crippen molar-refractivity contribution in [1.29, 1.82) is 0 Å². The topological polar surface area (TPSA) is 65.1 Å². The van der Waals surface area contributed by atoms with E-state index >= 15 is 0 Å². The van der Waals surface area contributed by atoms with Crippen LogP contribution in [-0.2, 0) is 13.9 Å². The molecule has 0 N–H and O–H groups in total. The first kappa shape index (κ1) is 34.2. The second kappa shape index (κ2) is 15.1. The number of benzene rings is 3. The van der Waals surface area contributed by atoms with Gasteiger partial charge in [0.25, 0.3) is 8.32 Å². The Morgan fingerprint density at radius 3 is 1.91 bits per heavy atom. The van der Waals surface area contributed by atoms with Gasteiger partial charge in [0.05, 0.1) is 11.6 Å². The zero-order valence-electron chi connectivity index (χ0n) is 27.8. The molecule has 0 spiro atoms. The number of likely N-dealkylation sites (tertiary alicyclic amines) is 1. The van der Waals surface area contributed by atoms with Gasteiger partial charge in [0, 0.05) is 19.6 Å². The van der Waals surface area contributed by atoms with Crippen LogP contribution in [0.1, 0.15) is 84.0 Å². The Bertz CT molecular complexity index is 1370. The summed E-state index contributed by atoms with van der Waals surface area (Å²) in [4.78, 5) is 28.1. The summed E-state index contributed by atoms with van der Waals surface area (Å²) in [6, 6.07) is 30.0. The summed E-state index contributed by atoms with van der Waals surface area (Å²) in [6.07, 6.45) is 5.43. The summed E-state index contributed by atoms with van der Waals surface area (Å²) < 4.78 is 18.9. The van der Waals surface area contributed by atoms with Crippen LogP contribution in [0.5, 0.6) is 0 Å². The zero-order chi connectivity index (χ0) is 32.5. The Morgan fingerprint density at radius 2 is 1.38 bits per heavy atom. The lowest BCUT2D eigenvalue weighted by molar-refractivity contribution is 0.0146. The quantitative estimate of drug-likeness (QED) is 0.0991. The molecule has 0 radical (unpaired) electrons. The number of ether oxygens (including phenoxy) is 2. The summed E-state index contributed by atoms with van der Waals surface area (Å²) in [6.45, 7) is 13.5. The van der Waals surface area contributed by atoms with Gasteiger partial charge in [-0.3, -0.25) is 0 Å². The van der Waals surface area contributed by atoms with Crippen molar-refractivity contribution in [3.63, 3.8) is 0 Å². The van der Waals surface area contributed by atoms with Crippen LogP contribution < -0.4 is 10.4 Å². The minimum absolute atomic E-state index is 0.135. The van der Waals surface area contributed by atoms with Crippen LogP contribution in [0.25, 0.3) is 0 Å². The molecule has 0 aromatic heterocycles. The predicted molar refractivity (Wildman–Crippen MR) is 183 cm³/mol. The average Bonchev–Trinajstić information content (AvgIpc) is 3.01. The van der Waals surface area contributed by atoms with Gasteiger partial charge in [0.1, 0.15) is 11.4 Å². The summed E-state index contributed by atoms with van der Waals surface area (Å²) in [5, 5.41) is 2.32. The highest BCUT2D eigenvalue weighted by atomic mass is 28.4. The third-order valence-corrected chi connectivity index (χ3v) is 13.1. The number of hydrogen-bond acceptors (Lipinski definition) is 5. The van der Waals surface area contributed by atoms with Gasteiger partial charge in [0.15, 0.2) is 0 Å². The summed E-state index contributed by atoms with van der Waals surface area (Å²) in [5.41, 5.74) is -0.108. The molecule has 0 saturated carbocycles. The SMILES string of the molecule is CC(C)(C)OC(=O)N1CCCCC1/C=C(\CCCO[Si](c1ccccc1)(c1ccccc1)C(C)(C)C)OC(=O)c1ccccc1. The highest BCUT2D eigenvalue weighted by Crippen LogP contribution is 2.37. The number of allylic oxidation sites excluding steroid dienone is 1. The van der Waals surface area contributed by atoms with Gasteiger partial charge in [-0.1, -0.05) is 99.6 Å². The smallest absolute Gasteiger partial charge is 0.410 e. The van der Waals surface area contributed by atoms with Crippen molar-refractivity contribution >= 4 is 30.8 Å². The van der Waals surface area contributed by atoms with E-state index in [2.05, 4.69) is 69.3 Å². The van der Waals surface area contributed by atoms with Crippen LogP contribution in [0, 0.1) is 0 Å². The summed E-state index contributed by atoms with van der Waals surface area (Å²) >= 11 is 0. The molecule has 1 fully saturated rings. The fourth-order valence-electron chi connectivity index (χ4n) is 6.05. The molecule has 45 heavy (non-hydrogen) atoms. The van der Waals surface area contributed by atoms with Crippen LogP contribution in [0.3, 0.4) is 0 Å². The van der Waals surface area contributed by atoms with E-state index in [1.165, 1.54) is 10.4 Å². The van der Waals surface area contributed by atoms with Gasteiger partial charge >= 0.3 is 12.1 Å². The Kier molecular flexibility index (Phi) is 11.4. The molecule has 0 bridgehead atoms. The van der Waals surface area contributed by atoms with Crippen molar-refractivity contribution < 1.29 is 23.5 Å². The van der Waals surface area contributed by atoms with E-state index in [9.17, 15) is 9.59 Å². The molecular weight excluding hydrogens is 579 g/mol. The molecule has 1 heterocycles. The van der Waals surface area contributed by atoms with Gasteiger partial charge in [-0.2, -0.15) is 0 Å². The Balaban J connectivity index is 1.59. The molecule has 6 nitrogen and oxygen atoms in total. The van der Waals surface area contributed by atoms with Crippen LogP contribution in [-0.4, -0.2) is 50.1 Å². The maximum absolute atomic E-state index is 13.2. The molecular formula is C38H49NO5Si. The molecule has 4 rings (SSSR count). The third-order valence-electron chi connectivity index (χ3n) is 8.09. The molecule has 1 unspecified atom stereocenters. The Labute approximate surface area is 270 Å². The minimum atomic E-state index is -2.69. The van der Waals surface area contributed by atoms with Crippen molar-refractivity contribution in [3.8, 4) is 0 Å². The predicted octanol–water partition coefficient (Wildman–Crippen LogP) is 7.87. The fraction of sp³-hybridized carbons (Fsp3) is 0.421. The number of rotatable bonds is 10. The summed E-state index contributed by atoms with van der Waals surface area (Å²) in [5.74, 6) is 0.143. The maximum atomic E-state index is 13.2. The van der Waals surface area contributed by atoms with E-state index in [1.807, 2.05) is 57.2 Å². The highest BCUT2D eigenvalue weighted by molar-refractivity contribution is 6.99. The number of carbonyl (C=O) groups is 2. The van der Waals surface area contributed by atoms with Crippen molar-refractivity contribution in [1.82, 2.24) is 4.90 Å². The zero-order valence-corrected chi connectivity index (χ0v) is 28.8. The average molecular weight is 628 g/mol. The van der Waals surface area contributed by atoms with Crippen LogP contribution in [0.2, 0.25) is 5.04 Å². The van der Waals surface area contributed by atoms with Crippen molar-refractivity contribution in [3.05, 3.63) is 108 Å². The van der Waals surface area contributed by atoms with Gasteiger partial charge in [-0.25, -0.2) is 9.59 Å². The molecule has 240 valence electrons. The second-order valence-electron chi connectivity index (χ2n) is 13.7. The molecule has 1 amide bonds. The normalized spacial score (nSPS) is 16.3. The van der Waals surface area contributed by atoms with Crippen LogP contribution in [0.15, 0.2) is 103 Å². The first-order valence-corrected chi connectivity index (χ1v) is 18.0. The minimum Gasteiger partial charge on any atom is -0.444 e. The summed E-state index contributed by atoms with van der Waals surface area (Å²) in [7, 11) is -2.69. The molecule has 3 aromatic rings. The first-order chi connectivity index (χ1) is 21.4. The lowest BCUT2D eigenvalue weighted by Gasteiger charge is -2.43. The molecule has 7 heteroatoms. The van der Waals surface area contributed by atoms with E-state index < -0.39 is 19.9 Å². The van der Waals surface area contributed by atoms with Gasteiger partial charge in [0.2, 0.25) is 0 Å². The number of amides is 1. The largest absolute Gasteiger partial charge is 0.444 e. The molecule has 0 aliphatic carbocycles. The van der Waals surface area contributed by atoms with Gasteiger partial charge in [-0.15, -0.1) is 0 Å². The standard InChI is InChI=1S/C38H49NO5Si/c1-37(2,3)44-36(41)39-27-17-16-21-31(39)29-32(43-35(40)30-19-10-7-11-20-30)22-18-28-42-45(38(4,5)6,33-23-12-8-13-24-33)34-25-14-9-15-26-34/h7-15,19-20,23-26,29,31H,16-18,21-22,27-28H2,1-6H3/b32-29+.